The molecule has 0 bridgehead atoms. The van der Waals surface area contributed by atoms with Gasteiger partial charge in [-0.2, -0.15) is 0 Å². The zero-order valence-electron chi connectivity index (χ0n) is 17.0. The van der Waals surface area contributed by atoms with Gasteiger partial charge in [-0.1, -0.05) is 12.1 Å². The van der Waals surface area contributed by atoms with Gasteiger partial charge < -0.3 is 14.8 Å². The van der Waals surface area contributed by atoms with E-state index in [1.807, 2.05) is 0 Å². The topological polar surface area (TPSA) is 89.6 Å². The first-order valence-electron chi connectivity index (χ1n) is 10.3. The highest BCUT2D eigenvalue weighted by Crippen LogP contribution is 2.37. The number of anilines is 1. The Balaban J connectivity index is 1.27. The summed E-state index contributed by atoms with van der Waals surface area (Å²) in [5.41, 5.74) is 1.99. The van der Waals surface area contributed by atoms with Gasteiger partial charge in [0.25, 0.3) is 5.91 Å². The van der Waals surface area contributed by atoms with Gasteiger partial charge >= 0.3 is 0 Å². The van der Waals surface area contributed by atoms with Crippen LogP contribution in [0.4, 0.5) is 9.52 Å². The number of nitrogens with one attached hydrogen (secondary N) is 2. The van der Waals surface area contributed by atoms with E-state index in [4.69, 9.17) is 9.47 Å². The van der Waals surface area contributed by atoms with Crippen molar-refractivity contribution in [2.24, 2.45) is 0 Å². The van der Waals surface area contributed by atoms with Crippen LogP contribution in [0, 0.1) is 5.82 Å². The Kier molecular flexibility index (Phi) is 5.48. The molecule has 2 N–H and O–H groups in total. The fourth-order valence-electron chi connectivity index (χ4n) is 3.85. The summed E-state index contributed by atoms with van der Waals surface area (Å²) in [4.78, 5) is 31.1. The first-order chi connectivity index (χ1) is 15.6. The summed E-state index contributed by atoms with van der Waals surface area (Å²) < 4.78 is 23.7. The highest BCUT2D eigenvalue weighted by Gasteiger charge is 2.30. The fraction of sp³-hybridized carbons (Fsp3) is 0.261. The van der Waals surface area contributed by atoms with Gasteiger partial charge in [-0.05, 0) is 55.2 Å². The summed E-state index contributed by atoms with van der Waals surface area (Å²) in [7, 11) is 0. The second kappa shape index (κ2) is 8.58. The predicted molar refractivity (Wildman–Crippen MR) is 117 cm³/mol. The third-order valence-electron chi connectivity index (χ3n) is 5.51. The Morgan fingerprint density at radius 1 is 1.12 bits per heavy atom. The number of halogens is 1. The molecule has 0 saturated carbocycles. The van der Waals surface area contributed by atoms with Gasteiger partial charge in [0.1, 0.15) is 5.82 Å². The number of carbonyl (C=O) groups excluding carboxylic acids is 2. The van der Waals surface area contributed by atoms with Crippen LogP contribution in [0.25, 0.3) is 0 Å². The molecule has 0 unspecified atom stereocenters. The van der Waals surface area contributed by atoms with Crippen molar-refractivity contribution >= 4 is 28.3 Å². The molecular weight excluding hydrogens is 433 g/mol. The molecule has 1 atom stereocenters. The van der Waals surface area contributed by atoms with E-state index in [9.17, 15) is 14.0 Å². The molecule has 5 rings (SSSR count). The lowest BCUT2D eigenvalue weighted by Crippen LogP contribution is -2.31. The number of benzene rings is 2. The molecule has 3 aromatic rings. The number of rotatable bonds is 5. The molecule has 32 heavy (non-hydrogen) atoms. The normalized spacial score (nSPS) is 16.3. The zero-order valence-corrected chi connectivity index (χ0v) is 17.8. The van der Waals surface area contributed by atoms with Gasteiger partial charge in [0.15, 0.2) is 16.6 Å². The van der Waals surface area contributed by atoms with Crippen molar-refractivity contribution < 1.29 is 23.5 Å². The average molecular weight is 453 g/mol. The molecule has 0 radical (unpaired) electrons. The molecule has 2 amide bonds. The van der Waals surface area contributed by atoms with E-state index >= 15 is 0 Å². The fourth-order valence-corrected chi connectivity index (χ4v) is 4.91. The first kappa shape index (κ1) is 20.4. The highest BCUT2D eigenvalue weighted by atomic mass is 32.1. The Morgan fingerprint density at radius 3 is 2.78 bits per heavy atom. The number of aromatic nitrogens is 1. The van der Waals surface area contributed by atoms with E-state index in [1.165, 1.54) is 23.5 Å². The molecule has 2 heterocycles. The second-order valence-electron chi connectivity index (χ2n) is 7.64. The van der Waals surface area contributed by atoms with Crippen LogP contribution in [-0.2, 0) is 17.8 Å². The molecule has 1 aromatic heterocycles. The van der Waals surface area contributed by atoms with Crippen molar-refractivity contribution in [1.29, 1.82) is 0 Å². The van der Waals surface area contributed by atoms with Crippen molar-refractivity contribution in [3.63, 3.8) is 0 Å². The zero-order chi connectivity index (χ0) is 22.1. The number of hydrogen-bond acceptors (Lipinski definition) is 6. The molecule has 0 saturated heterocycles. The number of nitrogens with zero attached hydrogens (tertiary/aromatic N) is 1. The van der Waals surface area contributed by atoms with Gasteiger partial charge in [-0.15, -0.1) is 11.3 Å². The van der Waals surface area contributed by atoms with Gasteiger partial charge in [-0.25, -0.2) is 9.37 Å². The third kappa shape index (κ3) is 4.16. The summed E-state index contributed by atoms with van der Waals surface area (Å²) in [6.45, 7) is 0.465. The monoisotopic (exact) mass is 453 g/mol. The van der Waals surface area contributed by atoms with Crippen LogP contribution < -0.4 is 20.1 Å². The molecule has 164 valence electrons. The van der Waals surface area contributed by atoms with Gasteiger partial charge in [0.05, 0.1) is 11.6 Å². The first-order valence-corrected chi connectivity index (χ1v) is 11.1. The summed E-state index contributed by atoms with van der Waals surface area (Å²) in [5.74, 6) is 0.0529. The lowest BCUT2D eigenvalue weighted by molar-refractivity contribution is -0.123. The van der Waals surface area contributed by atoms with Crippen LogP contribution in [-0.4, -0.2) is 23.6 Å². The maximum atomic E-state index is 13.1. The number of aryl methyl sites for hydroxylation is 1. The molecule has 1 aliphatic carbocycles. The minimum atomic E-state index is -0.369. The minimum absolute atomic E-state index is 0.116. The van der Waals surface area contributed by atoms with Crippen molar-refractivity contribution in [2.75, 3.05) is 12.1 Å². The van der Waals surface area contributed by atoms with E-state index in [0.717, 1.165) is 29.0 Å². The molecule has 7 nitrogen and oxygen atoms in total. The van der Waals surface area contributed by atoms with Crippen LogP contribution in [0.15, 0.2) is 42.5 Å². The lowest BCUT2D eigenvalue weighted by Gasteiger charge is -2.20. The number of amides is 2. The van der Waals surface area contributed by atoms with E-state index in [1.54, 1.807) is 30.3 Å². The third-order valence-corrected chi connectivity index (χ3v) is 6.55. The summed E-state index contributed by atoms with van der Waals surface area (Å²) in [5, 5.41) is 6.22. The standard InChI is InChI=1S/C23H20FN3O4S/c24-15-7-4-13(5-8-15)11-25-22(29)16-2-1-3-19-20(16)26-23(32-19)27-21(28)14-6-9-17-18(10-14)31-12-30-17/h4-10,16H,1-3,11-12H2,(H,25,29)(H,26,27,28)/t16-/m1/s1. The Bertz CT molecular complexity index is 1180. The maximum absolute atomic E-state index is 13.1. The summed E-state index contributed by atoms with van der Waals surface area (Å²) in [6.07, 6.45) is 2.40. The van der Waals surface area contributed by atoms with E-state index in [-0.39, 0.29) is 30.3 Å². The maximum Gasteiger partial charge on any atom is 0.257 e. The number of hydrogen-bond donors (Lipinski definition) is 2. The average Bonchev–Trinajstić information content (AvgIpc) is 3.44. The quantitative estimate of drug-likeness (QED) is 0.610. The SMILES string of the molecule is O=C(Nc1nc2c(s1)CCC[C@H]2C(=O)NCc1ccc(F)cc1)c1ccc2c(c1)OCO2. The van der Waals surface area contributed by atoms with E-state index in [2.05, 4.69) is 15.6 Å². The largest absolute Gasteiger partial charge is 0.454 e. The number of fused-ring (bicyclic) bond motifs is 2. The number of ether oxygens (including phenoxy) is 2. The summed E-state index contributed by atoms with van der Waals surface area (Å²) >= 11 is 1.40. The molecular formula is C23H20FN3O4S. The Morgan fingerprint density at radius 2 is 1.94 bits per heavy atom. The number of carbonyl (C=O) groups is 2. The molecule has 2 aliphatic rings. The molecule has 1 aliphatic heterocycles. The molecule has 2 aromatic carbocycles. The van der Waals surface area contributed by atoms with Crippen LogP contribution in [0.1, 0.15) is 45.3 Å². The molecule has 0 fully saturated rings. The van der Waals surface area contributed by atoms with Gasteiger partial charge in [0.2, 0.25) is 12.7 Å². The highest BCUT2D eigenvalue weighted by molar-refractivity contribution is 7.16. The van der Waals surface area contributed by atoms with Crippen LogP contribution >= 0.6 is 11.3 Å². The van der Waals surface area contributed by atoms with E-state index in [0.29, 0.717) is 35.2 Å². The molecule has 0 spiro atoms. The van der Waals surface area contributed by atoms with Crippen molar-refractivity contribution in [3.05, 3.63) is 70.0 Å². The summed E-state index contributed by atoms with van der Waals surface area (Å²) in [6, 6.07) is 11.0. The van der Waals surface area contributed by atoms with Gasteiger partial charge in [-0.3, -0.25) is 14.9 Å². The van der Waals surface area contributed by atoms with Gasteiger partial charge in [0, 0.05) is 17.0 Å². The second-order valence-corrected chi connectivity index (χ2v) is 8.72. The van der Waals surface area contributed by atoms with Crippen LogP contribution in [0.2, 0.25) is 0 Å². The van der Waals surface area contributed by atoms with Crippen molar-refractivity contribution in [2.45, 2.75) is 31.7 Å². The van der Waals surface area contributed by atoms with Crippen LogP contribution in [0.5, 0.6) is 11.5 Å². The number of thiazole rings is 1. The Labute approximate surface area is 187 Å². The smallest absolute Gasteiger partial charge is 0.257 e. The van der Waals surface area contributed by atoms with Crippen molar-refractivity contribution in [1.82, 2.24) is 10.3 Å². The lowest BCUT2D eigenvalue weighted by atomic mass is 9.90. The van der Waals surface area contributed by atoms with E-state index < -0.39 is 0 Å². The Hall–Kier alpha value is -3.46. The molecule has 9 heteroatoms. The van der Waals surface area contributed by atoms with Crippen LogP contribution in [0.3, 0.4) is 0 Å². The predicted octanol–water partition coefficient (Wildman–Crippen LogP) is 4.00. The van der Waals surface area contributed by atoms with Crippen molar-refractivity contribution in [3.8, 4) is 11.5 Å². The minimum Gasteiger partial charge on any atom is -0.454 e.